The zero-order valence-corrected chi connectivity index (χ0v) is 8.38. The van der Waals surface area contributed by atoms with Crippen LogP contribution in [0, 0.1) is 0 Å². The first-order chi connectivity index (χ1) is 6.63. The van der Waals surface area contributed by atoms with E-state index in [0.717, 1.165) is 24.8 Å². The highest BCUT2D eigenvalue weighted by atomic mass is 32.3. The van der Waals surface area contributed by atoms with Crippen molar-refractivity contribution in [2.45, 2.75) is 24.2 Å². The number of nitrogens with two attached hydrogens (primary N) is 1. The Balaban J connectivity index is 2.43. The predicted molar refractivity (Wildman–Crippen MR) is 50.7 cm³/mol. The number of benzene rings is 1. The minimum absolute atomic E-state index is 0.139. The van der Waals surface area contributed by atoms with Crippen LogP contribution in [0.1, 0.15) is 17.5 Å². The van der Waals surface area contributed by atoms with Crippen molar-refractivity contribution in [1.29, 1.82) is 0 Å². The molecule has 1 aliphatic rings. The summed E-state index contributed by atoms with van der Waals surface area (Å²) in [5, 5.41) is 0. The normalized spacial score (nSPS) is 19.0. The summed E-state index contributed by atoms with van der Waals surface area (Å²) in [7, 11) is -3.74. The van der Waals surface area contributed by atoms with Crippen molar-refractivity contribution in [2.75, 3.05) is 0 Å². The van der Waals surface area contributed by atoms with E-state index in [1.165, 1.54) is 11.6 Å². The van der Waals surface area contributed by atoms with E-state index in [1.54, 1.807) is 6.07 Å². The molecule has 14 heavy (non-hydrogen) atoms. The van der Waals surface area contributed by atoms with Crippen molar-refractivity contribution < 1.29 is 13.0 Å². The molecule has 0 saturated heterocycles. The molecule has 1 atom stereocenters. The standard InChI is InChI=1S/C9H11NO3S/c10-13-14(11,12)9-5-4-7-2-1-3-8(7)6-9/h4-6H,1-3,10H2/q+1. The van der Waals surface area contributed by atoms with Crippen LogP contribution < -0.4 is 5.90 Å². The van der Waals surface area contributed by atoms with E-state index >= 15 is 0 Å². The van der Waals surface area contributed by atoms with E-state index < -0.39 is 10.5 Å². The Morgan fingerprint density at radius 1 is 1.29 bits per heavy atom. The van der Waals surface area contributed by atoms with Gasteiger partial charge in [-0.15, -0.1) is 0 Å². The fourth-order valence-corrected chi connectivity index (χ4v) is 2.39. The lowest BCUT2D eigenvalue weighted by Gasteiger charge is -2.00. The van der Waals surface area contributed by atoms with Gasteiger partial charge in [0.2, 0.25) is 4.90 Å². The van der Waals surface area contributed by atoms with Gasteiger partial charge < -0.3 is 0 Å². The lowest BCUT2D eigenvalue weighted by molar-refractivity contribution is 0.261. The Hall–Kier alpha value is -0.750. The quantitative estimate of drug-likeness (QED) is 0.592. The van der Waals surface area contributed by atoms with E-state index in [9.17, 15) is 8.76 Å². The van der Waals surface area contributed by atoms with Gasteiger partial charge in [-0.1, -0.05) is 6.07 Å². The molecule has 4 nitrogen and oxygen atoms in total. The molecule has 75 valence electrons. The molecule has 0 heterocycles. The second-order valence-electron chi connectivity index (χ2n) is 3.33. The Morgan fingerprint density at radius 2 is 2.00 bits per heavy atom. The summed E-state index contributed by atoms with van der Waals surface area (Å²) in [6.07, 6.45) is 3.05. The fourth-order valence-electron chi connectivity index (χ4n) is 1.76. The number of hydrogen-bond acceptors (Lipinski definition) is 3. The smallest absolute Gasteiger partial charge is 0.160 e. The molecule has 0 bridgehead atoms. The Bertz CT molecular complexity index is 405. The molecule has 1 aromatic rings. The maximum atomic E-state index is 11.3. The van der Waals surface area contributed by atoms with Gasteiger partial charge in [-0.2, -0.15) is 5.90 Å². The van der Waals surface area contributed by atoms with E-state index in [1.807, 2.05) is 6.07 Å². The van der Waals surface area contributed by atoms with Crippen LogP contribution in [0.25, 0.3) is 0 Å². The summed E-state index contributed by atoms with van der Waals surface area (Å²) in [6.45, 7) is 0. The SMILES string of the molecule is NO[S+]([O])(=O)c1ccc2c(c1)CCC2. The van der Waals surface area contributed by atoms with Gasteiger partial charge >= 0.3 is 10.5 Å². The number of fused-ring (bicyclic) bond motifs is 1. The number of hydrogen-bond donors (Lipinski definition) is 1. The van der Waals surface area contributed by atoms with Crippen molar-refractivity contribution in [1.82, 2.24) is 0 Å². The Kier molecular flexibility index (Phi) is 2.40. The monoisotopic (exact) mass is 213 g/mol. The van der Waals surface area contributed by atoms with Gasteiger partial charge in [0.1, 0.15) is 0 Å². The van der Waals surface area contributed by atoms with E-state index in [4.69, 9.17) is 5.90 Å². The third-order valence-electron chi connectivity index (χ3n) is 2.49. The lowest BCUT2D eigenvalue weighted by atomic mass is 10.1. The van der Waals surface area contributed by atoms with Crippen LogP contribution in [0.15, 0.2) is 23.1 Å². The minimum atomic E-state index is -3.74. The summed E-state index contributed by atoms with van der Waals surface area (Å²) >= 11 is 0. The molecule has 5 heteroatoms. The molecular formula is C9H11NO3S+. The zero-order chi connectivity index (χ0) is 10.2. The Labute approximate surface area is 83.5 Å². The van der Waals surface area contributed by atoms with Gasteiger partial charge in [-0.3, -0.25) is 0 Å². The Morgan fingerprint density at radius 3 is 2.71 bits per heavy atom. The first kappa shape index (κ1) is 9.79. The molecule has 2 N–H and O–H groups in total. The van der Waals surface area contributed by atoms with Gasteiger partial charge in [0, 0.05) is 6.07 Å². The molecule has 0 saturated carbocycles. The molecule has 0 spiro atoms. The lowest BCUT2D eigenvalue weighted by Crippen LogP contribution is -2.17. The number of rotatable bonds is 2. The second kappa shape index (κ2) is 3.43. The first-order valence-corrected chi connectivity index (χ1v) is 5.79. The minimum Gasteiger partial charge on any atom is -0.160 e. The molecule has 2 rings (SSSR count). The molecule has 0 fully saturated rings. The predicted octanol–water partition coefficient (Wildman–Crippen LogP) is 1.18. The van der Waals surface area contributed by atoms with Crippen molar-refractivity contribution in [2.24, 2.45) is 5.90 Å². The van der Waals surface area contributed by atoms with Gasteiger partial charge in [-0.05, 0) is 44.9 Å². The summed E-state index contributed by atoms with van der Waals surface area (Å²) in [4.78, 5) is 0.139. The largest absolute Gasteiger partial charge is 0.447 e. The average Bonchev–Trinajstić information content (AvgIpc) is 2.64. The number of aryl methyl sites for hydroxylation is 2. The van der Waals surface area contributed by atoms with E-state index in [2.05, 4.69) is 4.28 Å². The van der Waals surface area contributed by atoms with Crippen LogP contribution in [0.2, 0.25) is 0 Å². The van der Waals surface area contributed by atoms with Crippen LogP contribution in [-0.2, 0) is 36.4 Å². The zero-order valence-electron chi connectivity index (χ0n) is 7.56. The van der Waals surface area contributed by atoms with Crippen molar-refractivity contribution in [3.05, 3.63) is 29.3 Å². The summed E-state index contributed by atoms with van der Waals surface area (Å²) in [6, 6.07) is 5.01. The van der Waals surface area contributed by atoms with Crippen LogP contribution >= 0.6 is 0 Å². The average molecular weight is 213 g/mol. The molecule has 1 aromatic carbocycles. The molecule has 1 radical (unpaired) electrons. The molecular weight excluding hydrogens is 202 g/mol. The fraction of sp³-hybridized carbons (Fsp3) is 0.333. The maximum Gasteiger partial charge on any atom is 0.447 e. The van der Waals surface area contributed by atoms with Gasteiger partial charge in [0.15, 0.2) is 0 Å². The molecule has 0 aliphatic heterocycles. The van der Waals surface area contributed by atoms with Crippen molar-refractivity contribution in [3.63, 3.8) is 0 Å². The molecule has 1 unspecified atom stereocenters. The van der Waals surface area contributed by atoms with Crippen LogP contribution in [-0.4, -0.2) is 0 Å². The summed E-state index contributed by atoms with van der Waals surface area (Å²) in [5.41, 5.74) is 2.31. The van der Waals surface area contributed by atoms with Crippen molar-refractivity contribution >= 4 is 10.5 Å². The van der Waals surface area contributed by atoms with E-state index in [-0.39, 0.29) is 4.90 Å². The summed E-state index contributed by atoms with van der Waals surface area (Å²) in [5.74, 6) is 4.70. The second-order valence-corrected chi connectivity index (χ2v) is 4.91. The third kappa shape index (κ3) is 1.59. The van der Waals surface area contributed by atoms with Crippen molar-refractivity contribution in [3.8, 4) is 0 Å². The van der Waals surface area contributed by atoms with Crippen LogP contribution in [0.3, 0.4) is 0 Å². The third-order valence-corrected chi connectivity index (χ3v) is 3.57. The highest BCUT2D eigenvalue weighted by Gasteiger charge is 2.35. The van der Waals surface area contributed by atoms with Crippen LogP contribution in [0.5, 0.6) is 0 Å². The highest BCUT2D eigenvalue weighted by Crippen LogP contribution is 2.26. The van der Waals surface area contributed by atoms with Gasteiger partial charge in [0.25, 0.3) is 0 Å². The van der Waals surface area contributed by atoms with Gasteiger partial charge in [0.05, 0.1) is 4.55 Å². The van der Waals surface area contributed by atoms with Crippen LogP contribution in [0.4, 0.5) is 0 Å². The summed E-state index contributed by atoms with van der Waals surface area (Å²) < 4.78 is 26.5. The molecule has 1 aliphatic carbocycles. The van der Waals surface area contributed by atoms with Gasteiger partial charge in [-0.25, -0.2) is 0 Å². The topological polar surface area (TPSA) is 72.2 Å². The first-order valence-electron chi connectivity index (χ1n) is 4.38. The maximum absolute atomic E-state index is 11.3. The molecule has 0 amide bonds. The highest BCUT2D eigenvalue weighted by molar-refractivity contribution is 7.92. The van der Waals surface area contributed by atoms with E-state index in [0.29, 0.717) is 0 Å². The molecule has 0 aromatic heterocycles.